The van der Waals surface area contributed by atoms with Gasteiger partial charge in [0.1, 0.15) is 11.3 Å². The third-order valence-electron chi connectivity index (χ3n) is 6.13. The third-order valence-corrected chi connectivity index (χ3v) is 7.98. The van der Waals surface area contributed by atoms with Crippen molar-refractivity contribution in [1.29, 1.82) is 0 Å². The highest BCUT2D eigenvalue weighted by molar-refractivity contribution is 7.98. The van der Waals surface area contributed by atoms with Gasteiger partial charge in [0.05, 0.1) is 16.3 Å². The summed E-state index contributed by atoms with van der Waals surface area (Å²) < 4.78 is 9.63. The lowest BCUT2D eigenvalue weighted by Crippen LogP contribution is -2.19. The number of benzene rings is 1. The molecule has 0 aliphatic carbocycles. The highest BCUT2D eigenvalue weighted by Crippen LogP contribution is 2.33. The monoisotopic (exact) mass is 489 g/mol. The van der Waals surface area contributed by atoms with Crippen LogP contribution in [0.2, 0.25) is 0 Å². The number of hydrogen-bond acceptors (Lipinski definition) is 7. The summed E-state index contributed by atoms with van der Waals surface area (Å²) in [6.45, 7) is 2.81. The maximum atomic E-state index is 13.4. The molecule has 0 unspecified atom stereocenters. The van der Waals surface area contributed by atoms with E-state index in [2.05, 4.69) is 9.67 Å². The van der Waals surface area contributed by atoms with Gasteiger partial charge in [-0.25, -0.2) is 9.97 Å². The molecule has 7 nitrogen and oxygen atoms in total. The fourth-order valence-corrected chi connectivity index (χ4v) is 6.10. The molecule has 0 atom stereocenters. The van der Waals surface area contributed by atoms with E-state index < -0.39 is 0 Å². The summed E-state index contributed by atoms with van der Waals surface area (Å²) in [4.78, 5) is 24.0. The van der Waals surface area contributed by atoms with Crippen molar-refractivity contribution >= 4 is 23.1 Å². The van der Waals surface area contributed by atoms with E-state index in [0.717, 1.165) is 65.1 Å². The number of oxazole rings is 1. The smallest absolute Gasteiger partial charge is 0.284 e. The molecule has 1 aromatic carbocycles. The van der Waals surface area contributed by atoms with E-state index in [1.807, 2.05) is 54.8 Å². The molecule has 3 aliphatic heterocycles. The van der Waals surface area contributed by atoms with Crippen molar-refractivity contribution in [2.24, 2.45) is 0 Å². The molecule has 0 radical (unpaired) electrons. The van der Waals surface area contributed by atoms with Gasteiger partial charge >= 0.3 is 0 Å². The van der Waals surface area contributed by atoms with Crippen molar-refractivity contribution in [1.82, 2.24) is 24.3 Å². The van der Waals surface area contributed by atoms with Gasteiger partial charge < -0.3 is 8.98 Å². The third kappa shape index (κ3) is 3.78. The molecule has 34 heavy (non-hydrogen) atoms. The van der Waals surface area contributed by atoms with Gasteiger partial charge in [0, 0.05) is 18.0 Å². The van der Waals surface area contributed by atoms with Gasteiger partial charge in [-0.2, -0.15) is 4.68 Å². The lowest BCUT2D eigenvalue weighted by atomic mass is 10.1. The second-order valence-electron chi connectivity index (χ2n) is 8.34. The van der Waals surface area contributed by atoms with Crippen LogP contribution in [-0.2, 0) is 18.7 Å². The van der Waals surface area contributed by atoms with E-state index in [1.165, 1.54) is 4.68 Å². The summed E-state index contributed by atoms with van der Waals surface area (Å²) in [6.07, 6.45) is 4.13. The minimum Gasteiger partial charge on any atom is -0.440 e. The average Bonchev–Trinajstić information content (AvgIpc) is 3.54. The molecule has 0 N–H and O–H groups in total. The van der Waals surface area contributed by atoms with Gasteiger partial charge in [-0.05, 0) is 49.8 Å². The number of aromatic nitrogens is 5. The maximum absolute atomic E-state index is 13.4. The molecule has 0 saturated heterocycles. The summed E-state index contributed by atoms with van der Waals surface area (Å²) in [6, 6.07) is 13.6. The van der Waals surface area contributed by atoms with Crippen LogP contribution in [0.15, 0.2) is 62.2 Å². The molecule has 0 spiro atoms. The SMILES string of the molecule is Cc1oc(-c2cccs2)nc1CSc1nc2nn(-c3ccccc3)c(=O)c-2c2n1CCCCC2. The van der Waals surface area contributed by atoms with Crippen molar-refractivity contribution in [3.63, 3.8) is 0 Å². The van der Waals surface area contributed by atoms with Crippen LogP contribution in [0.4, 0.5) is 0 Å². The summed E-state index contributed by atoms with van der Waals surface area (Å²) in [5.74, 6) is 2.64. The van der Waals surface area contributed by atoms with Gasteiger partial charge in [-0.1, -0.05) is 42.4 Å². The van der Waals surface area contributed by atoms with Crippen LogP contribution in [0.3, 0.4) is 0 Å². The van der Waals surface area contributed by atoms with Crippen LogP contribution in [0.5, 0.6) is 0 Å². The predicted molar refractivity (Wildman–Crippen MR) is 134 cm³/mol. The molecule has 172 valence electrons. The fraction of sp³-hybridized carbons (Fsp3) is 0.280. The Morgan fingerprint density at radius 3 is 2.79 bits per heavy atom. The van der Waals surface area contributed by atoms with Crippen LogP contribution in [0, 0.1) is 6.92 Å². The molecule has 0 fully saturated rings. The van der Waals surface area contributed by atoms with E-state index in [0.29, 0.717) is 23.0 Å². The molecule has 6 rings (SSSR count). The van der Waals surface area contributed by atoms with Crippen molar-refractivity contribution in [2.45, 2.75) is 50.1 Å². The molecule has 0 saturated carbocycles. The molecule has 0 amide bonds. The Bertz CT molecular complexity index is 1470. The van der Waals surface area contributed by atoms with Crippen LogP contribution < -0.4 is 5.56 Å². The molecule has 2 aromatic heterocycles. The summed E-state index contributed by atoms with van der Waals surface area (Å²) in [7, 11) is 0. The number of nitrogens with zero attached hydrogens (tertiary/aromatic N) is 5. The van der Waals surface area contributed by atoms with Crippen molar-refractivity contribution in [3.8, 4) is 27.8 Å². The standard InChI is InChI=1S/C25H23N5O2S2/c1-16-18(26-23(32-16)20-12-8-14-33-20)15-34-25-27-22-21(19-11-6-3-7-13-29(19)25)24(31)30(28-22)17-9-4-2-5-10-17/h2,4-5,8-10,12,14H,3,6-7,11,13,15H2,1H3. The van der Waals surface area contributed by atoms with E-state index in [1.54, 1.807) is 23.1 Å². The summed E-state index contributed by atoms with van der Waals surface area (Å²) >= 11 is 3.25. The number of fused-ring (bicyclic) bond motifs is 3. The Kier molecular flexibility index (Phi) is 5.58. The molecule has 9 heteroatoms. The zero-order valence-electron chi connectivity index (χ0n) is 18.7. The average molecular weight is 490 g/mol. The number of rotatable bonds is 5. The highest BCUT2D eigenvalue weighted by Gasteiger charge is 2.27. The van der Waals surface area contributed by atoms with Crippen molar-refractivity contribution < 1.29 is 4.42 Å². The normalized spacial score (nSPS) is 13.8. The minimum absolute atomic E-state index is 0.0937. The highest BCUT2D eigenvalue weighted by atomic mass is 32.2. The van der Waals surface area contributed by atoms with E-state index in [4.69, 9.17) is 14.4 Å². The minimum atomic E-state index is -0.0937. The van der Waals surface area contributed by atoms with Crippen molar-refractivity contribution in [3.05, 3.63) is 75.3 Å². The zero-order valence-corrected chi connectivity index (χ0v) is 20.4. The molecule has 5 heterocycles. The quantitative estimate of drug-likeness (QED) is 0.237. The second-order valence-corrected chi connectivity index (χ2v) is 10.2. The number of thiophene rings is 1. The fourth-order valence-electron chi connectivity index (χ4n) is 4.41. The first-order valence-electron chi connectivity index (χ1n) is 11.4. The van der Waals surface area contributed by atoms with E-state index in [-0.39, 0.29) is 5.56 Å². The van der Waals surface area contributed by atoms with Crippen LogP contribution >= 0.6 is 23.1 Å². The van der Waals surface area contributed by atoms with Gasteiger partial charge in [-0.15, -0.1) is 16.4 Å². The lowest BCUT2D eigenvalue weighted by molar-refractivity contribution is 0.542. The van der Waals surface area contributed by atoms with Crippen molar-refractivity contribution in [2.75, 3.05) is 0 Å². The Hall–Kier alpha value is -3.17. The topological polar surface area (TPSA) is 78.7 Å². The number of hydrogen-bond donors (Lipinski definition) is 0. The Labute approximate surface area is 204 Å². The maximum Gasteiger partial charge on any atom is 0.284 e. The molecular weight excluding hydrogens is 466 g/mol. The second kappa shape index (κ2) is 8.88. The lowest BCUT2D eigenvalue weighted by Gasteiger charge is -2.17. The van der Waals surface area contributed by atoms with Crippen LogP contribution in [0.25, 0.3) is 27.8 Å². The van der Waals surface area contributed by atoms with E-state index in [9.17, 15) is 4.79 Å². The molecular formula is C25H23N5O2S2. The number of para-hydroxylation sites is 1. The first-order valence-corrected chi connectivity index (χ1v) is 13.3. The molecule has 3 aliphatic rings. The van der Waals surface area contributed by atoms with Crippen LogP contribution in [-0.4, -0.2) is 24.3 Å². The van der Waals surface area contributed by atoms with Gasteiger partial charge in [0.25, 0.3) is 5.56 Å². The summed E-state index contributed by atoms with van der Waals surface area (Å²) in [5, 5.41) is 7.52. The van der Waals surface area contributed by atoms with Gasteiger partial charge in [-0.3, -0.25) is 4.79 Å². The Balaban J connectivity index is 1.40. The molecule has 0 bridgehead atoms. The predicted octanol–water partition coefficient (Wildman–Crippen LogP) is 5.58. The summed E-state index contributed by atoms with van der Waals surface area (Å²) in [5.41, 5.74) is 3.27. The number of aryl methyl sites for hydroxylation is 1. The first kappa shape index (κ1) is 21.4. The van der Waals surface area contributed by atoms with Crippen LogP contribution in [0.1, 0.15) is 36.4 Å². The molecule has 3 aromatic rings. The Morgan fingerprint density at radius 2 is 1.97 bits per heavy atom. The van der Waals surface area contributed by atoms with Gasteiger partial charge in [0.15, 0.2) is 11.0 Å². The number of thioether (sulfide) groups is 1. The van der Waals surface area contributed by atoms with Gasteiger partial charge in [0.2, 0.25) is 5.89 Å². The Morgan fingerprint density at radius 1 is 1.09 bits per heavy atom. The van der Waals surface area contributed by atoms with E-state index >= 15 is 0 Å². The first-order chi connectivity index (χ1) is 16.7. The zero-order chi connectivity index (χ0) is 23.1. The largest absolute Gasteiger partial charge is 0.440 e.